The van der Waals surface area contributed by atoms with Gasteiger partial charge in [0.1, 0.15) is 0 Å². The first-order valence-electron chi connectivity index (χ1n) is 26.1. The number of nitrogens with zero attached hydrogens (tertiary/aromatic N) is 3. The van der Waals surface area contributed by atoms with Crippen molar-refractivity contribution >= 4 is 68.6 Å². The maximum Gasteiger partial charge on any atom is 0.252 e. The zero-order valence-electron chi connectivity index (χ0n) is 43.0. The lowest BCUT2D eigenvalue weighted by Crippen LogP contribution is -2.61. The Hall–Kier alpha value is -7.56. The topological polar surface area (TPSA) is 9.72 Å². The van der Waals surface area contributed by atoms with Crippen LogP contribution in [0.15, 0.2) is 206 Å². The summed E-state index contributed by atoms with van der Waals surface area (Å²) in [5, 5.41) is 0. The number of aryl methyl sites for hydroxylation is 1. The average Bonchev–Trinajstić information content (AvgIpc) is 3.61. The molecule has 3 nitrogen and oxygen atoms in total. The standard InChI is InChI=1S/C68H62BN3/c1-65(2,3)48-35-37-57(51(41-48)45-23-11-9-12-24-45)70-60-33-21-18-30-55(60)69-56-31-19-22-34-61(56)71(58-38-36-49(66(4,5)6)42-52(58)46-25-13-10-14-26-46)63-44-50(43-62(70)64(63)69)72-59-32-20-17-29-54(59)67(7)40-39-47-27-15-16-28-53(47)68(67,72)8/h9-38,41-44H,39-40H2,1-8H3. The molecule has 2 atom stereocenters. The average molecular weight is 932 g/mol. The van der Waals surface area contributed by atoms with Gasteiger partial charge in [-0.1, -0.05) is 200 Å². The van der Waals surface area contributed by atoms with Crippen molar-refractivity contribution < 1.29 is 0 Å². The van der Waals surface area contributed by atoms with Crippen molar-refractivity contribution in [3.8, 4) is 22.3 Å². The molecule has 4 aliphatic rings. The van der Waals surface area contributed by atoms with Crippen molar-refractivity contribution in [1.29, 1.82) is 0 Å². The fraction of sp³-hybridized carbons (Fsp3) is 0.206. The van der Waals surface area contributed by atoms with E-state index in [9.17, 15) is 0 Å². The minimum absolute atomic E-state index is 0.0193. The Balaban J connectivity index is 1.18. The molecule has 4 heteroatoms. The molecule has 0 bridgehead atoms. The van der Waals surface area contributed by atoms with Gasteiger partial charge in [-0.25, -0.2) is 0 Å². The Kier molecular flexibility index (Phi) is 9.85. The van der Waals surface area contributed by atoms with Crippen molar-refractivity contribution in [2.45, 2.75) is 90.0 Å². The number of para-hydroxylation sites is 3. The smallest absolute Gasteiger partial charge is 0.252 e. The molecule has 0 aromatic heterocycles. The van der Waals surface area contributed by atoms with E-state index < -0.39 is 5.54 Å². The summed E-state index contributed by atoms with van der Waals surface area (Å²) in [5.41, 5.74) is 24.7. The highest BCUT2D eigenvalue weighted by Gasteiger charge is 2.60. The van der Waals surface area contributed by atoms with Gasteiger partial charge in [0.15, 0.2) is 0 Å². The molecule has 0 amide bonds. The van der Waals surface area contributed by atoms with Crippen LogP contribution < -0.4 is 31.1 Å². The van der Waals surface area contributed by atoms with Crippen LogP contribution in [0.4, 0.5) is 45.5 Å². The number of rotatable bonds is 5. The predicted octanol–water partition coefficient (Wildman–Crippen LogP) is 16.0. The Bertz CT molecular complexity index is 3450. The summed E-state index contributed by atoms with van der Waals surface area (Å²) in [6, 6.07) is 78.8. The second kappa shape index (κ2) is 16.0. The molecule has 352 valence electrons. The van der Waals surface area contributed by atoms with Gasteiger partial charge < -0.3 is 14.7 Å². The van der Waals surface area contributed by atoms with Crippen molar-refractivity contribution in [2.75, 3.05) is 14.7 Å². The van der Waals surface area contributed by atoms with Gasteiger partial charge in [-0.2, -0.15) is 0 Å². The molecule has 72 heavy (non-hydrogen) atoms. The number of benzene rings is 9. The van der Waals surface area contributed by atoms with Gasteiger partial charge in [-0.05, 0) is 141 Å². The maximum atomic E-state index is 2.76. The van der Waals surface area contributed by atoms with Gasteiger partial charge in [-0.3, -0.25) is 0 Å². The van der Waals surface area contributed by atoms with Crippen LogP contribution in [0, 0.1) is 0 Å². The van der Waals surface area contributed by atoms with Crippen LogP contribution in [-0.2, 0) is 28.2 Å². The molecule has 0 radical (unpaired) electrons. The normalized spacial score (nSPS) is 18.4. The summed E-state index contributed by atoms with van der Waals surface area (Å²) in [7, 11) is 0. The molecule has 2 unspecified atom stereocenters. The van der Waals surface area contributed by atoms with Crippen LogP contribution in [0.3, 0.4) is 0 Å². The summed E-state index contributed by atoms with van der Waals surface area (Å²) >= 11 is 0. The van der Waals surface area contributed by atoms with E-state index in [1.54, 1.807) is 0 Å². The highest BCUT2D eigenvalue weighted by Crippen LogP contribution is 2.64. The SMILES string of the molecule is CC(C)(C)c1ccc(N2c3ccccc3B3c4ccccc4N(c4ccc(C(C)(C)C)cc4-c4ccccc4)c4cc(N5c6ccccc6C6(C)CCc7ccccc7C56C)cc2c43)c(-c2ccccc2)c1. The fourth-order valence-electron chi connectivity index (χ4n) is 13.3. The Morgan fingerprint density at radius 2 is 0.861 bits per heavy atom. The molecule has 0 saturated heterocycles. The first-order valence-corrected chi connectivity index (χ1v) is 26.1. The van der Waals surface area contributed by atoms with Gasteiger partial charge in [-0.15, -0.1) is 0 Å². The maximum absolute atomic E-state index is 2.76. The van der Waals surface area contributed by atoms with Crippen LogP contribution in [-0.4, -0.2) is 6.71 Å². The molecule has 3 aliphatic heterocycles. The largest absolute Gasteiger partial charge is 0.330 e. The first kappa shape index (κ1) is 44.4. The van der Waals surface area contributed by atoms with Crippen LogP contribution in [0.25, 0.3) is 22.3 Å². The molecule has 0 spiro atoms. The van der Waals surface area contributed by atoms with E-state index >= 15 is 0 Å². The van der Waals surface area contributed by atoms with Crippen molar-refractivity contribution in [3.63, 3.8) is 0 Å². The quantitative estimate of drug-likeness (QED) is 0.159. The molecule has 1 aliphatic carbocycles. The molecule has 3 heterocycles. The van der Waals surface area contributed by atoms with Gasteiger partial charge >= 0.3 is 0 Å². The first-order chi connectivity index (χ1) is 34.8. The molecule has 9 aromatic rings. The van der Waals surface area contributed by atoms with E-state index in [4.69, 9.17) is 0 Å². The number of fused-ring (bicyclic) bond motifs is 9. The Labute approximate surface area is 427 Å². The van der Waals surface area contributed by atoms with Crippen LogP contribution >= 0.6 is 0 Å². The van der Waals surface area contributed by atoms with Crippen molar-refractivity contribution in [1.82, 2.24) is 0 Å². The molecule has 9 aromatic carbocycles. The minimum Gasteiger partial charge on any atom is -0.330 e. The summed E-state index contributed by atoms with van der Waals surface area (Å²) in [4.78, 5) is 8.02. The molecule has 0 saturated carbocycles. The van der Waals surface area contributed by atoms with Gasteiger partial charge in [0.25, 0.3) is 6.71 Å². The van der Waals surface area contributed by atoms with Crippen molar-refractivity contribution in [3.05, 3.63) is 234 Å². The van der Waals surface area contributed by atoms with E-state index in [1.165, 1.54) is 112 Å². The van der Waals surface area contributed by atoms with Crippen LogP contribution in [0.2, 0.25) is 0 Å². The lowest BCUT2D eigenvalue weighted by Gasteiger charge is -2.52. The summed E-state index contributed by atoms with van der Waals surface area (Å²) in [6.07, 6.45) is 2.12. The minimum atomic E-state index is -0.395. The number of hydrogen-bond donors (Lipinski definition) is 0. The van der Waals surface area contributed by atoms with E-state index in [1.807, 2.05) is 0 Å². The third-order valence-corrected chi connectivity index (χ3v) is 17.2. The van der Waals surface area contributed by atoms with E-state index in [-0.39, 0.29) is 23.0 Å². The van der Waals surface area contributed by atoms with E-state index in [0.717, 1.165) is 12.8 Å². The Morgan fingerprint density at radius 1 is 0.417 bits per heavy atom. The van der Waals surface area contributed by atoms with Gasteiger partial charge in [0.05, 0.1) is 16.9 Å². The van der Waals surface area contributed by atoms with E-state index in [0.29, 0.717) is 0 Å². The third-order valence-electron chi connectivity index (χ3n) is 17.2. The monoisotopic (exact) mass is 932 g/mol. The fourth-order valence-corrected chi connectivity index (χ4v) is 13.3. The summed E-state index contributed by atoms with van der Waals surface area (Å²) in [5.74, 6) is 0. The van der Waals surface area contributed by atoms with Gasteiger partial charge in [0.2, 0.25) is 0 Å². The van der Waals surface area contributed by atoms with Crippen LogP contribution in [0.5, 0.6) is 0 Å². The number of anilines is 8. The van der Waals surface area contributed by atoms with Gasteiger partial charge in [0, 0.05) is 50.7 Å². The highest BCUT2D eigenvalue weighted by atomic mass is 15.3. The number of hydrogen-bond acceptors (Lipinski definition) is 3. The molecular weight excluding hydrogens is 870 g/mol. The second-order valence-electron chi connectivity index (χ2n) is 23.2. The molecule has 0 fully saturated rings. The summed E-state index contributed by atoms with van der Waals surface area (Å²) in [6.45, 7) is 19.0. The molecular formula is C68H62BN3. The lowest BCUT2D eigenvalue weighted by molar-refractivity contribution is 0.245. The van der Waals surface area contributed by atoms with E-state index in [2.05, 4.69) is 276 Å². The summed E-state index contributed by atoms with van der Waals surface area (Å²) < 4.78 is 0. The lowest BCUT2D eigenvalue weighted by atomic mass is 9.33. The molecule has 13 rings (SSSR count). The van der Waals surface area contributed by atoms with Crippen LogP contribution in [0.1, 0.15) is 89.6 Å². The Morgan fingerprint density at radius 3 is 1.38 bits per heavy atom. The zero-order valence-corrected chi connectivity index (χ0v) is 43.0. The second-order valence-corrected chi connectivity index (χ2v) is 23.2. The zero-order chi connectivity index (χ0) is 49.3. The molecule has 0 N–H and O–H groups in total. The third kappa shape index (κ3) is 6.43. The predicted molar refractivity (Wildman–Crippen MR) is 307 cm³/mol. The highest BCUT2D eigenvalue weighted by molar-refractivity contribution is 7.00. The van der Waals surface area contributed by atoms with Crippen molar-refractivity contribution in [2.24, 2.45) is 0 Å².